The third kappa shape index (κ3) is 1.65. The van der Waals surface area contributed by atoms with E-state index in [4.69, 9.17) is 4.74 Å². The van der Waals surface area contributed by atoms with E-state index in [2.05, 4.69) is 5.32 Å². The molecule has 4 heteroatoms. The number of ether oxygens (including phenoxy) is 1. The van der Waals surface area contributed by atoms with Crippen molar-refractivity contribution < 1.29 is 9.53 Å². The van der Waals surface area contributed by atoms with E-state index in [9.17, 15) is 4.79 Å². The Bertz CT molecular complexity index is 350. The first-order valence-electron chi connectivity index (χ1n) is 6.59. The molecular formula is C13H22N2O2. The lowest BCUT2D eigenvalue weighted by atomic mass is 9.56. The third-order valence-corrected chi connectivity index (χ3v) is 4.62. The Balaban J connectivity index is 1.66. The van der Waals surface area contributed by atoms with Gasteiger partial charge in [0.1, 0.15) is 5.60 Å². The molecule has 4 nitrogen and oxygen atoms in total. The summed E-state index contributed by atoms with van der Waals surface area (Å²) in [4.78, 5) is 14.0. The summed E-state index contributed by atoms with van der Waals surface area (Å²) in [6, 6.07) is 0. The summed E-state index contributed by atoms with van der Waals surface area (Å²) in [7, 11) is 0. The van der Waals surface area contributed by atoms with E-state index in [1.807, 2.05) is 25.7 Å². The Morgan fingerprint density at radius 1 is 1.41 bits per heavy atom. The van der Waals surface area contributed by atoms with Crippen LogP contribution >= 0.6 is 0 Å². The van der Waals surface area contributed by atoms with Crippen LogP contribution in [0.4, 0.5) is 4.79 Å². The predicted molar refractivity (Wildman–Crippen MR) is 64.7 cm³/mol. The highest BCUT2D eigenvalue weighted by Gasteiger charge is 2.62. The maximum atomic E-state index is 12.0. The molecule has 3 rings (SSSR count). The van der Waals surface area contributed by atoms with E-state index in [-0.39, 0.29) is 11.7 Å². The number of nitrogens with one attached hydrogen (secondary N) is 1. The minimum atomic E-state index is -0.385. The van der Waals surface area contributed by atoms with E-state index in [0.717, 1.165) is 32.1 Å². The minimum absolute atomic E-state index is 0.132. The van der Waals surface area contributed by atoms with Crippen molar-refractivity contribution in [1.82, 2.24) is 10.2 Å². The van der Waals surface area contributed by atoms with Gasteiger partial charge in [-0.1, -0.05) is 0 Å². The zero-order valence-corrected chi connectivity index (χ0v) is 11.0. The second-order valence-electron chi connectivity index (χ2n) is 6.85. The zero-order valence-electron chi connectivity index (χ0n) is 11.0. The Labute approximate surface area is 103 Å². The van der Waals surface area contributed by atoms with Crippen molar-refractivity contribution in [2.24, 2.45) is 17.3 Å². The fourth-order valence-electron chi connectivity index (χ4n) is 3.76. The molecule has 2 saturated heterocycles. The zero-order chi connectivity index (χ0) is 12.3. The van der Waals surface area contributed by atoms with Gasteiger partial charge in [0.2, 0.25) is 0 Å². The van der Waals surface area contributed by atoms with E-state index < -0.39 is 0 Å². The Morgan fingerprint density at radius 3 is 2.82 bits per heavy atom. The first kappa shape index (κ1) is 11.3. The molecule has 0 aromatic heterocycles. The largest absolute Gasteiger partial charge is 0.444 e. The molecule has 3 unspecified atom stereocenters. The van der Waals surface area contributed by atoms with Crippen molar-refractivity contribution in [3.05, 3.63) is 0 Å². The lowest BCUT2D eigenvalue weighted by Gasteiger charge is -2.46. The highest BCUT2D eigenvalue weighted by atomic mass is 16.6. The van der Waals surface area contributed by atoms with Crippen LogP contribution in [0.25, 0.3) is 0 Å². The van der Waals surface area contributed by atoms with Gasteiger partial charge in [0.25, 0.3) is 0 Å². The molecule has 96 valence electrons. The molecule has 0 aromatic carbocycles. The van der Waals surface area contributed by atoms with Gasteiger partial charge in [-0.15, -0.1) is 0 Å². The molecule has 0 bridgehead atoms. The van der Waals surface area contributed by atoms with Crippen molar-refractivity contribution in [3.63, 3.8) is 0 Å². The van der Waals surface area contributed by atoms with Crippen LogP contribution in [0, 0.1) is 17.3 Å². The van der Waals surface area contributed by atoms with Crippen LogP contribution in [-0.2, 0) is 4.74 Å². The highest BCUT2D eigenvalue weighted by Crippen LogP contribution is 2.57. The first-order chi connectivity index (χ1) is 7.91. The molecule has 2 heterocycles. The molecule has 1 amide bonds. The van der Waals surface area contributed by atoms with Gasteiger partial charge in [0.15, 0.2) is 0 Å². The maximum Gasteiger partial charge on any atom is 0.410 e. The van der Waals surface area contributed by atoms with E-state index in [1.54, 1.807) is 0 Å². The topological polar surface area (TPSA) is 41.6 Å². The Morgan fingerprint density at radius 2 is 2.18 bits per heavy atom. The lowest BCUT2D eigenvalue weighted by molar-refractivity contribution is 0.0238. The number of nitrogens with zero attached hydrogens (tertiary/aromatic N) is 1. The van der Waals surface area contributed by atoms with Crippen molar-refractivity contribution in [1.29, 1.82) is 0 Å². The second kappa shape index (κ2) is 3.37. The molecular weight excluding hydrogens is 216 g/mol. The Kier molecular flexibility index (Phi) is 2.25. The number of rotatable bonds is 0. The van der Waals surface area contributed by atoms with Crippen LogP contribution in [0.1, 0.15) is 27.2 Å². The number of hydrogen-bond donors (Lipinski definition) is 1. The van der Waals surface area contributed by atoms with Crippen LogP contribution in [0.5, 0.6) is 0 Å². The number of carbonyl (C=O) groups is 1. The molecule has 1 spiro atoms. The second-order valence-corrected chi connectivity index (χ2v) is 6.85. The molecule has 2 aliphatic heterocycles. The summed E-state index contributed by atoms with van der Waals surface area (Å²) in [6.45, 7) is 9.78. The average Bonchev–Trinajstić information content (AvgIpc) is 2.65. The van der Waals surface area contributed by atoms with Gasteiger partial charge in [-0.2, -0.15) is 0 Å². The molecule has 0 radical (unpaired) electrons. The van der Waals surface area contributed by atoms with Gasteiger partial charge in [0.05, 0.1) is 0 Å². The molecule has 0 aromatic rings. The summed E-state index contributed by atoms with van der Waals surface area (Å²) in [5.41, 5.74) is 0.000614. The monoisotopic (exact) mass is 238 g/mol. The summed E-state index contributed by atoms with van der Waals surface area (Å²) >= 11 is 0. The van der Waals surface area contributed by atoms with Crippen LogP contribution in [0.3, 0.4) is 0 Å². The Hall–Kier alpha value is -0.770. The quantitative estimate of drug-likeness (QED) is 0.694. The van der Waals surface area contributed by atoms with Crippen LogP contribution in [-0.4, -0.2) is 42.8 Å². The molecule has 3 fully saturated rings. The number of likely N-dealkylation sites (tertiary alicyclic amines) is 1. The first-order valence-corrected chi connectivity index (χ1v) is 6.59. The fourth-order valence-corrected chi connectivity index (χ4v) is 3.76. The summed E-state index contributed by atoms with van der Waals surface area (Å²) in [6.07, 6.45) is 1.15. The third-order valence-electron chi connectivity index (χ3n) is 4.62. The van der Waals surface area contributed by atoms with Crippen molar-refractivity contribution >= 4 is 6.09 Å². The van der Waals surface area contributed by atoms with Gasteiger partial charge >= 0.3 is 6.09 Å². The molecule has 17 heavy (non-hydrogen) atoms. The summed E-state index contributed by atoms with van der Waals surface area (Å²) in [5.74, 6) is 1.50. The van der Waals surface area contributed by atoms with E-state index in [0.29, 0.717) is 11.3 Å². The molecule has 3 aliphatic rings. The molecule has 3 atom stereocenters. The number of amides is 1. The standard InChI is InChI=1S/C13H22N2O2/c1-12(2,3)17-11(16)15-6-10-4-9-5-14-7-13(9,10)8-15/h9-10,14H,4-8H2,1-3H3. The molecule has 1 saturated carbocycles. The van der Waals surface area contributed by atoms with Crippen molar-refractivity contribution in [2.75, 3.05) is 26.2 Å². The minimum Gasteiger partial charge on any atom is -0.444 e. The summed E-state index contributed by atoms with van der Waals surface area (Å²) in [5, 5.41) is 3.48. The van der Waals surface area contributed by atoms with Crippen LogP contribution in [0.15, 0.2) is 0 Å². The van der Waals surface area contributed by atoms with Crippen LogP contribution in [0.2, 0.25) is 0 Å². The molecule has 1 aliphatic carbocycles. The fraction of sp³-hybridized carbons (Fsp3) is 0.923. The predicted octanol–water partition coefficient (Wildman–Crippen LogP) is 1.46. The lowest BCUT2D eigenvalue weighted by Crippen LogP contribution is -2.48. The number of carbonyl (C=O) groups excluding carboxylic acids is 1. The smallest absolute Gasteiger partial charge is 0.410 e. The normalized spacial score (nSPS) is 39.6. The van der Waals surface area contributed by atoms with Gasteiger partial charge in [-0.3, -0.25) is 0 Å². The van der Waals surface area contributed by atoms with Crippen LogP contribution < -0.4 is 5.32 Å². The van der Waals surface area contributed by atoms with E-state index >= 15 is 0 Å². The van der Waals surface area contributed by atoms with Gasteiger partial charge < -0.3 is 15.0 Å². The van der Waals surface area contributed by atoms with Gasteiger partial charge in [0, 0.05) is 25.0 Å². The van der Waals surface area contributed by atoms with Crippen molar-refractivity contribution in [3.8, 4) is 0 Å². The SMILES string of the molecule is CC(C)(C)OC(=O)N1CC2CC3CNCC32C1. The van der Waals surface area contributed by atoms with Gasteiger partial charge in [-0.05, 0) is 45.6 Å². The molecule has 1 N–H and O–H groups in total. The number of hydrogen-bond acceptors (Lipinski definition) is 3. The van der Waals surface area contributed by atoms with Gasteiger partial charge in [-0.25, -0.2) is 4.79 Å². The maximum absolute atomic E-state index is 12.0. The average molecular weight is 238 g/mol. The van der Waals surface area contributed by atoms with Crippen molar-refractivity contribution in [2.45, 2.75) is 32.8 Å². The van der Waals surface area contributed by atoms with E-state index in [1.165, 1.54) is 6.42 Å². The highest BCUT2D eigenvalue weighted by molar-refractivity contribution is 5.69. The summed E-state index contributed by atoms with van der Waals surface area (Å²) < 4.78 is 5.46.